The number of pyridine rings is 1. The van der Waals surface area contributed by atoms with E-state index in [0.29, 0.717) is 56.3 Å². The first-order valence-corrected chi connectivity index (χ1v) is 11.9. The molecule has 1 aromatic heterocycles. The minimum Gasteiger partial charge on any atom is -0.456 e. The maximum Gasteiger partial charge on any atom is 0.272 e. The number of halogens is 1. The van der Waals surface area contributed by atoms with E-state index in [1.165, 1.54) is 30.5 Å². The van der Waals surface area contributed by atoms with E-state index in [0.717, 1.165) is 0 Å². The van der Waals surface area contributed by atoms with Gasteiger partial charge in [-0.25, -0.2) is 9.37 Å². The van der Waals surface area contributed by atoms with Gasteiger partial charge in [0.25, 0.3) is 5.91 Å². The first kappa shape index (κ1) is 25.2. The molecule has 2 fully saturated rings. The molecule has 0 unspecified atom stereocenters. The number of carbonyl (C=O) groups excluding carboxylic acids is 3. The zero-order chi connectivity index (χ0) is 25.9. The van der Waals surface area contributed by atoms with Crippen LogP contribution < -0.4 is 15.4 Å². The molecule has 10 heteroatoms. The molecule has 36 heavy (non-hydrogen) atoms. The number of nitrogens with one attached hydrogen (secondary N) is 2. The molecular weight excluding hydrogens is 465 g/mol. The highest BCUT2D eigenvalue weighted by Crippen LogP contribution is 2.27. The van der Waals surface area contributed by atoms with Crippen LogP contribution in [-0.2, 0) is 14.4 Å². The number of aromatic nitrogens is 1. The van der Waals surface area contributed by atoms with Gasteiger partial charge in [-0.3, -0.25) is 14.4 Å². The fourth-order valence-electron chi connectivity index (χ4n) is 4.44. The average Bonchev–Trinajstić information content (AvgIpc) is 2.85. The van der Waals surface area contributed by atoms with Crippen LogP contribution in [0, 0.1) is 11.7 Å². The summed E-state index contributed by atoms with van der Waals surface area (Å²) in [7, 11) is 0. The van der Waals surface area contributed by atoms with Gasteiger partial charge in [-0.1, -0.05) is 6.58 Å². The zero-order valence-corrected chi connectivity index (χ0v) is 20.4. The molecule has 9 nitrogen and oxygen atoms in total. The highest BCUT2D eigenvalue weighted by molar-refractivity contribution is 6.02. The first-order chi connectivity index (χ1) is 17.1. The van der Waals surface area contributed by atoms with Crippen molar-refractivity contribution in [3.8, 4) is 11.5 Å². The Morgan fingerprint density at radius 1 is 1.17 bits per heavy atom. The Bertz CT molecular complexity index is 1140. The van der Waals surface area contributed by atoms with Crippen LogP contribution in [0.2, 0.25) is 0 Å². The lowest BCUT2D eigenvalue weighted by Gasteiger charge is -2.49. The standard InChI is InChI=1S/C26H30FN5O4/c1-17(24(34)30-22-10-9-21(15-28-22)36-20-7-5-19(27)6-8-20)31-12-13-32(26(2,3)16-31)25(35)18-4-11-23(33)29-14-18/h5-10,15,18H,1,4,11-14,16H2,2-3H3,(H,29,33)(H,28,30,34)/t18-/m0/s1. The fourth-order valence-corrected chi connectivity index (χ4v) is 4.44. The van der Waals surface area contributed by atoms with E-state index in [1.807, 2.05) is 23.6 Å². The van der Waals surface area contributed by atoms with Gasteiger partial charge in [-0.2, -0.15) is 0 Å². The predicted octanol–water partition coefficient (Wildman–Crippen LogP) is 2.91. The SMILES string of the molecule is C=C(C(=O)Nc1ccc(Oc2ccc(F)cc2)cn1)N1CCN(C(=O)[C@H]2CCC(=O)NC2)C(C)(C)C1. The van der Waals surface area contributed by atoms with Gasteiger partial charge >= 0.3 is 0 Å². The molecular formula is C26H30FN5O4. The van der Waals surface area contributed by atoms with Crippen molar-refractivity contribution in [2.75, 3.05) is 31.5 Å². The number of amides is 3. The van der Waals surface area contributed by atoms with Crippen LogP contribution in [0.5, 0.6) is 11.5 Å². The largest absolute Gasteiger partial charge is 0.456 e. The number of carbonyl (C=O) groups is 3. The van der Waals surface area contributed by atoms with Crippen LogP contribution in [0.3, 0.4) is 0 Å². The number of piperazine rings is 1. The molecule has 4 rings (SSSR count). The molecule has 2 aromatic rings. The lowest BCUT2D eigenvalue weighted by Crippen LogP contribution is -2.63. The van der Waals surface area contributed by atoms with Crippen LogP contribution in [-0.4, -0.2) is 64.2 Å². The average molecular weight is 496 g/mol. The monoisotopic (exact) mass is 495 g/mol. The van der Waals surface area contributed by atoms with Crippen molar-refractivity contribution in [2.24, 2.45) is 5.92 Å². The fraction of sp³-hybridized carbons (Fsp3) is 0.385. The zero-order valence-electron chi connectivity index (χ0n) is 20.4. The summed E-state index contributed by atoms with van der Waals surface area (Å²) in [6.07, 6.45) is 2.38. The molecule has 0 bridgehead atoms. The van der Waals surface area contributed by atoms with E-state index in [2.05, 4.69) is 22.2 Å². The highest BCUT2D eigenvalue weighted by atomic mass is 19.1. The van der Waals surface area contributed by atoms with Crippen LogP contribution in [0.1, 0.15) is 26.7 Å². The molecule has 1 atom stereocenters. The summed E-state index contributed by atoms with van der Waals surface area (Å²) in [4.78, 5) is 45.3. The number of nitrogens with zero attached hydrogens (tertiary/aromatic N) is 3. The summed E-state index contributed by atoms with van der Waals surface area (Å²) < 4.78 is 18.7. The summed E-state index contributed by atoms with van der Waals surface area (Å²) in [5, 5.41) is 5.51. The van der Waals surface area contributed by atoms with E-state index in [4.69, 9.17) is 4.74 Å². The number of piperidine rings is 1. The maximum absolute atomic E-state index is 13.1. The maximum atomic E-state index is 13.1. The second-order valence-corrected chi connectivity index (χ2v) is 9.60. The topological polar surface area (TPSA) is 104 Å². The first-order valence-electron chi connectivity index (χ1n) is 11.9. The van der Waals surface area contributed by atoms with Crippen molar-refractivity contribution < 1.29 is 23.5 Å². The molecule has 1 aromatic carbocycles. The number of anilines is 1. The third-order valence-electron chi connectivity index (χ3n) is 6.45. The van der Waals surface area contributed by atoms with Gasteiger partial charge in [0.2, 0.25) is 11.8 Å². The van der Waals surface area contributed by atoms with Gasteiger partial charge in [0.1, 0.15) is 23.1 Å². The molecule has 3 amide bonds. The van der Waals surface area contributed by atoms with E-state index >= 15 is 0 Å². The normalized spacial score (nSPS) is 19.3. The molecule has 190 valence electrons. The molecule has 2 N–H and O–H groups in total. The van der Waals surface area contributed by atoms with Gasteiger partial charge in [-0.15, -0.1) is 0 Å². The molecule has 0 radical (unpaired) electrons. The van der Waals surface area contributed by atoms with Crippen molar-refractivity contribution in [2.45, 2.75) is 32.2 Å². The van der Waals surface area contributed by atoms with E-state index in [-0.39, 0.29) is 35.2 Å². The summed E-state index contributed by atoms with van der Waals surface area (Å²) in [6, 6.07) is 8.88. The summed E-state index contributed by atoms with van der Waals surface area (Å²) >= 11 is 0. The molecule has 0 spiro atoms. The van der Waals surface area contributed by atoms with Crippen molar-refractivity contribution >= 4 is 23.5 Å². The Balaban J connectivity index is 1.31. The number of ether oxygens (including phenoxy) is 1. The Hall–Kier alpha value is -3.95. The summed E-state index contributed by atoms with van der Waals surface area (Å²) in [6.45, 7) is 9.63. The van der Waals surface area contributed by atoms with Crippen LogP contribution in [0.25, 0.3) is 0 Å². The lowest BCUT2D eigenvalue weighted by molar-refractivity contribution is -0.145. The third-order valence-corrected chi connectivity index (χ3v) is 6.45. The molecule has 3 heterocycles. The Morgan fingerprint density at radius 3 is 2.50 bits per heavy atom. The van der Waals surface area contributed by atoms with E-state index in [9.17, 15) is 18.8 Å². The van der Waals surface area contributed by atoms with Gasteiger partial charge < -0.3 is 25.2 Å². The van der Waals surface area contributed by atoms with Crippen LogP contribution in [0.15, 0.2) is 54.9 Å². The Morgan fingerprint density at radius 2 is 1.89 bits per heavy atom. The van der Waals surface area contributed by atoms with Gasteiger partial charge in [0, 0.05) is 32.6 Å². The van der Waals surface area contributed by atoms with Crippen LogP contribution in [0.4, 0.5) is 10.2 Å². The lowest BCUT2D eigenvalue weighted by atomic mass is 9.92. The summed E-state index contributed by atoms with van der Waals surface area (Å²) in [5.41, 5.74) is -0.231. The third kappa shape index (κ3) is 5.81. The second-order valence-electron chi connectivity index (χ2n) is 9.60. The number of rotatable bonds is 6. The number of benzene rings is 1. The quantitative estimate of drug-likeness (QED) is 0.598. The predicted molar refractivity (Wildman–Crippen MR) is 132 cm³/mol. The van der Waals surface area contributed by atoms with Crippen molar-refractivity contribution in [3.63, 3.8) is 0 Å². The molecule has 0 aliphatic carbocycles. The van der Waals surface area contributed by atoms with Crippen molar-refractivity contribution in [1.29, 1.82) is 0 Å². The van der Waals surface area contributed by atoms with E-state index < -0.39 is 5.54 Å². The highest BCUT2D eigenvalue weighted by Gasteiger charge is 2.40. The second kappa shape index (κ2) is 10.3. The number of hydrogen-bond donors (Lipinski definition) is 2. The van der Waals surface area contributed by atoms with Gasteiger partial charge in [-0.05, 0) is 56.7 Å². The van der Waals surface area contributed by atoms with Gasteiger partial charge in [0.15, 0.2) is 0 Å². The minimum atomic E-state index is -0.516. The van der Waals surface area contributed by atoms with E-state index in [1.54, 1.807) is 12.1 Å². The van der Waals surface area contributed by atoms with Crippen molar-refractivity contribution in [3.05, 3.63) is 60.7 Å². The minimum absolute atomic E-state index is 0.0185. The molecule has 2 saturated heterocycles. The smallest absolute Gasteiger partial charge is 0.272 e. The Labute approximate surface area is 209 Å². The number of hydrogen-bond acceptors (Lipinski definition) is 6. The molecule has 2 aliphatic heterocycles. The van der Waals surface area contributed by atoms with Gasteiger partial charge in [0.05, 0.1) is 23.4 Å². The molecule has 0 saturated carbocycles. The molecule has 2 aliphatic rings. The Kier molecular flexibility index (Phi) is 7.23. The van der Waals surface area contributed by atoms with Crippen LogP contribution >= 0.6 is 0 Å². The van der Waals surface area contributed by atoms with Crippen molar-refractivity contribution in [1.82, 2.24) is 20.1 Å². The summed E-state index contributed by atoms with van der Waals surface area (Å²) in [5.74, 6) is 0.294.